The molecule has 1 N–H and O–H groups in total. The number of hydrogen-bond acceptors (Lipinski definition) is 6. The van der Waals surface area contributed by atoms with Crippen molar-refractivity contribution in [2.24, 2.45) is 0 Å². The first-order chi connectivity index (χ1) is 11.9. The van der Waals surface area contributed by atoms with Crippen molar-refractivity contribution in [2.45, 2.75) is 20.0 Å². The van der Waals surface area contributed by atoms with Crippen LogP contribution in [-0.2, 0) is 19.6 Å². The lowest BCUT2D eigenvalue weighted by atomic mass is 10.3. The highest BCUT2D eigenvalue weighted by Gasteiger charge is 2.27. The second kappa shape index (κ2) is 9.12. The average molecular weight is 370 g/mol. The van der Waals surface area contributed by atoms with E-state index in [0.29, 0.717) is 32.8 Å². The summed E-state index contributed by atoms with van der Waals surface area (Å²) in [6.45, 7) is 6.01. The third-order valence-electron chi connectivity index (χ3n) is 4.05. The Labute approximate surface area is 149 Å². The SMILES string of the molecule is CCOC(C)C(=O)NCCS(=O)(=O)N1CCN(c2ccccn2)CC1. The highest BCUT2D eigenvalue weighted by Crippen LogP contribution is 2.14. The number of nitrogens with zero attached hydrogens (tertiary/aromatic N) is 3. The number of nitrogens with one attached hydrogen (secondary N) is 1. The van der Waals surface area contributed by atoms with Crippen molar-refractivity contribution in [3.63, 3.8) is 0 Å². The van der Waals surface area contributed by atoms with E-state index in [1.165, 1.54) is 4.31 Å². The Morgan fingerprint density at radius 3 is 2.64 bits per heavy atom. The summed E-state index contributed by atoms with van der Waals surface area (Å²) in [7, 11) is -3.39. The third kappa shape index (κ3) is 5.65. The largest absolute Gasteiger partial charge is 0.369 e. The van der Waals surface area contributed by atoms with Crippen LogP contribution in [0.2, 0.25) is 0 Å². The van der Waals surface area contributed by atoms with Crippen molar-refractivity contribution in [3.8, 4) is 0 Å². The van der Waals surface area contributed by atoms with Crippen LogP contribution >= 0.6 is 0 Å². The predicted molar refractivity (Wildman–Crippen MR) is 95.9 cm³/mol. The van der Waals surface area contributed by atoms with E-state index in [4.69, 9.17) is 4.74 Å². The van der Waals surface area contributed by atoms with E-state index in [-0.39, 0.29) is 18.2 Å². The Bertz CT molecular complexity index is 645. The molecule has 0 radical (unpaired) electrons. The summed E-state index contributed by atoms with van der Waals surface area (Å²) in [6, 6.07) is 5.68. The highest BCUT2D eigenvalue weighted by molar-refractivity contribution is 7.89. The van der Waals surface area contributed by atoms with Gasteiger partial charge in [-0.25, -0.2) is 13.4 Å². The minimum atomic E-state index is -3.39. The summed E-state index contributed by atoms with van der Waals surface area (Å²) in [4.78, 5) is 18.1. The molecule has 1 unspecified atom stereocenters. The van der Waals surface area contributed by atoms with E-state index >= 15 is 0 Å². The van der Waals surface area contributed by atoms with E-state index in [0.717, 1.165) is 5.82 Å². The first-order valence-electron chi connectivity index (χ1n) is 8.47. The molecule has 0 spiro atoms. The second-order valence-electron chi connectivity index (χ2n) is 5.78. The van der Waals surface area contributed by atoms with Crippen molar-refractivity contribution in [2.75, 3.05) is 50.0 Å². The number of carbonyl (C=O) groups is 1. The van der Waals surface area contributed by atoms with Gasteiger partial charge in [0.25, 0.3) is 0 Å². The number of ether oxygens (including phenoxy) is 1. The number of sulfonamides is 1. The molecule has 1 aromatic rings. The van der Waals surface area contributed by atoms with Crippen LogP contribution in [0.3, 0.4) is 0 Å². The zero-order valence-corrected chi connectivity index (χ0v) is 15.5. The molecule has 9 heteroatoms. The van der Waals surface area contributed by atoms with Gasteiger partial charge in [0.15, 0.2) is 0 Å². The number of hydrogen-bond donors (Lipinski definition) is 1. The van der Waals surface area contributed by atoms with Crippen LogP contribution in [0.5, 0.6) is 0 Å². The van der Waals surface area contributed by atoms with Gasteiger partial charge in [-0.3, -0.25) is 4.79 Å². The number of anilines is 1. The molecule has 0 saturated carbocycles. The number of rotatable bonds is 8. The van der Waals surface area contributed by atoms with Gasteiger partial charge >= 0.3 is 0 Å². The molecular weight excluding hydrogens is 344 g/mol. The number of piperazine rings is 1. The summed E-state index contributed by atoms with van der Waals surface area (Å²) in [5, 5.41) is 2.61. The molecule has 1 amide bonds. The summed E-state index contributed by atoms with van der Waals surface area (Å²) in [5.74, 6) is 0.454. The molecule has 140 valence electrons. The van der Waals surface area contributed by atoms with Gasteiger partial charge < -0.3 is 15.0 Å². The van der Waals surface area contributed by atoms with Crippen molar-refractivity contribution < 1.29 is 17.9 Å². The maximum Gasteiger partial charge on any atom is 0.248 e. The van der Waals surface area contributed by atoms with Crippen molar-refractivity contribution in [1.82, 2.24) is 14.6 Å². The lowest BCUT2D eigenvalue weighted by Crippen LogP contribution is -2.50. The molecule has 0 aromatic carbocycles. The molecule has 25 heavy (non-hydrogen) atoms. The monoisotopic (exact) mass is 370 g/mol. The van der Waals surface area contributed by atoms with Gasteiger partial charge in [-0.05, 0) is 26.0 Å². The Balaban J connectivity index is 1.78. The molecule has 0 aliphatic carbocycles. The van der Waals surface area contributed by atoms with Gasteiger partial charge in [0, 0.05) is 45.5 Å². The predicted octanol–water partition coefficient (Wildman–Crippen LogP) is 0.0746. The number of pyridine rings is 1. The van der Waals surface area contributed by atoms with Crippen LogP contribution in [0.4, 0.5) is 5.82 Å². The maximum absolute atomic E-state index is 12.4. The average Bonchev–Trinajstić information content (AvgIpc) is 2.62. The number of amides is 1. The van der Waals surface area contributed by atoms with Crippen molar-refractivity contribution >= 4 is 21.7 Å². The van der Waals surface area contributed by atoms with Crippen LogP contribution in [0.15, 0.2) is 24.4 Å². The zero-order valence-electron chi connectivity index (χ0n) is 14.7. The molecule has 2 rings (SSSR count). The zero-order chi connectivity index (χ0) is 18.3. The second-order valence-corrected chi connectivity index (χ2v) is 7.87. The Hall–Kier alpha value is -1.71. The van der Waals surface area contributed by atoms with Crippen LogP contribution < -0.4 is 10.2 Å². The molecule has 1 fully saturated rings. The van der Waals surface area contributed by atoms with Gasteiger partial charge in [-0.15, -0.1) is 0 Å². The molecular formula is C16H26N4O4S. The van der Waals surface area contributed by atoms with E-state index in [1.807, 2.05) is 18.2 Å². The topological polar surface area (TPSA) is 91.8 Å². The fraction of sp³-hybridized carbons (Fsp3) is 0.625. The third-order valence-corrected chi connectivity index (χ3v) is 5.92. The van der Waals surface area contributed by atoms with Crippen LogP contribution in [-0.4, -0.2) is 74.8 Å². The first-order valence-corrected chi connectivity index (χ1v) is 10.1. The van der Waals surface area contributed by atoms with Crippen LogP contribution in [0.25, 0.3) is 0 Å². The molecule has 1 aromatic heterocycles. The minimum Gasteiger partial charge on any atom is -0.369 e. The fourth-order valence-corrected chi connectivity index (χ4v) is 3.98. The summed E-state index contributed by atoms with van der Waals surface area (Å²) in [5.41, 5.74) is 0. The highest BCUT2D eigenvalue weighted by atomic mass is 32.2. The molecule has 1 aliphatic rings. The fourth-order valence-electron chi connectivity index (χ4n) is 2.64. The van der Waals surface area contributed by atoms with Gasteiger partial charge in [-0.2, -0.15) is 4.31 Å². The Kier molecular flexibility index (Phi) is 7.15. The number of aromatic nitrogens is 1. The minimum absolute atomic E-state index is 0.0824. The smallest absolute Gasteiger partial charge is 0.248 e. The standard InChI is InChI=1S/C16H26N4O4S/c1-3-24-14(2)16(21)18-8-13-25(22,23)20-11-9-19(10-12-20)15-6-4-5-7-17-15/h4-7,14H,3,8-13H2,1-2H3,(H,18,21). The van der Waals surface area contributed by atoms with Crippen LogP contribution in [0.1, 0.15) is 13.8 Å². The Morgan fingerprint density at radius 2 is 2.04 bits per heavy atom. The summed E-state index contributed by atoms with van der Waals surface area (Å²) < 4.78 is 31.5. The Morgan fingerprint density at radius 1 is 1.32 bits per heavy atom. The molecule has 2 heterocycles. The summed E-state index contributed by atoms with van der Waals surface area (Å²) in [6.07, 6.45) is 1.15. The maximum atomic E-state index is 12.4. The van der Waals surface area contributed by atoms with Gasteiger partial charge in [-0.1, -0.05) is 6.07 Å². The first kappa shape index (κ1) is 19.6. The molecule has 1 saturated heterocycles. The summed E-state index contributed by atoms with van der Waals surface area (Å²) >= 11 is 0. The molecule has 8 nitrogen and oxygen atoms in total. The van der Waals surface area contributed by atoms with E-state index < -0.39 is 16.1 Å². The van der Waals surface area contributed by atoms with Gasteiger partial charge in [0.1, 0.15) is 11.9 Å². The normalized spacial score (nSPS) is 17.3. The number of carbonyl (C=O) groups excluding carboxylic acids is 1. The van der Waals surface area contributed by atoms with Crippen molar-refractivity contribution in [1.29, 1.82) is 0 Å². The van der Waals surface area contributed by atoms with Gasteiger partial charge in [0.2, 0.25) is 15.9 Å². The van der Waals surface area contributed by atoms with E-state index in [9.17, 15) is 13.2 Å². The van der Waals surface area contributed by atoms with Crippen LogP contribution in [0, 0.1) is 0 Å². The lowest BCUT2D eigenvalue weighted by molar-refractivity contribution is -0.131. The van der Waals surface area contributed by atoms with E-state index in [2.05, 4.69) is 15.2 Å². The van der Waals surface area contributed by atoms with E-state index in [1.54, 1.807) is 20.0 Å². The van der Waals surface area contributed by atoms with Crippen molar-refractivity contribution in [3.05, 3.63) is 24.4 Å². The van der Waals surface area contributed by atoms with Gasteiger partial charge in [0.05, 0.1) is 5.75 Å². The molecule has 1 aliphatic heterocycles. The quantitative estimate of drug-likeness (QED) is 0.697. The molecule has 0 bridgehead atoms. The lowest BCUT2D eigenvalue weighted by Gasteiger charge is -2.34. The molecule has 1 atom stereocenters.